The molecule has 0 radical (unpaired) electrons. The van der Waals surface area contributed by atoms with Gasteiger partial charge in [0.05, 0.1) is 6.07 Å². The van der Waals surface area contributed by atoms with Crippen molar-refractivity contribution in [2.75, 3.05) is 0 Å². The van der Waals surface area contributed by atoms with Crippen molar-refractivity contribution in [3.8, 4) is 6.07 Å². The van der Waals surface area contributed by atoms with Crippen molar-refractivity contribution in [1.29, 1.82) is 5.26 Å². The zero-order chi connectivity index (χ0) is 15.3. The Hall–Kier alpha value is -1.82. The largest absolute Gasteiger partial charge is 0.350 e. The van der Waals surface area contributed by atoms with Crippen molar-refractivity contribution in [1.82, 2.24) is 5.32 Å². The van der Waals surface area contributed by atoms with Gasteiger partial charge in [-0.3, -0.25) is 4.79 Å². The van der Waals surface area contributed by atoms with E-state index in [4.69, 9.17) is 0 Å². The topological polar surface area (TPSA) is 52.9 Å². The van der Waals surface area contributed by atoms with Crippen LogP contribution in [0.2, 0.25) is 0 Å². The average molecular weight is 284 g/mol. The van der Waals surface area contributed by atoms with E-state index >= 15 is 0 Å². The molecule has 1 aromatic rings. The summed E-state index contributed by atoms with van der Waals surface area (Å²) in [5.41, 5.74) is 0.194. The van der Waals surface area contributed by atoms with Crippen molar-refractivity contribution >= 4 is 5.91 Å². The van der Waals surface area contributed by atoms with E-state index < -0.39 is 5.41 Å². The highest BCUT2D eigenvalue weighted by Gasteiger charge is 2.43. The monoisotopic (exact) mass is 284 g/mol. The summed E-state index contributed by atoms with van der Waals surface area (Å²) in [6.07, 6.45) is 5.14. The van der Waals surface area contributed by atoms with Crippen molar-refractivity contribution in [3.05, 3.63) is 35.9 Å². The van der Waals surface area contributed by atoms with Crippen LogP contribution < -0.4 is 5.32 Å². The number of amides is 1. The predicted octanol–water partition coefficient (Wildman–Crippen LogP) is 3.60. The summed E-state index contributed by atoms with van der Waals surface area (Å²) in [5.74, 6) is -0.0828. The van der Waals surface area contributed by atoms with E-state index in [1.54, 1.807) is 0 Å². The summed E-state index contributed by atoms with van der Waals surface area (Å²) in [4.78, 5) is 12.5. The number of hydrogen-bond donors (Lipinski definition) is 1. The molecule has 1 saturated carbocycles. The zero-order valence-electron chi connectivity index (χ0n) is 13.0. The highest BCUT2D eigenvalue weighted by molar-refractivity contribution is 5.86. The Bertz CT molecular complexity index is 522. The van der Waals surface area contributed by atoms with Gasteiger partial charge in [-0.1, -0.05) is 43.2 Å². The first-order valence-electron chi connectivity index (χ1n) is 7.75. The van der Waals surface area contributed by atoms with Crippen LogP contribution in [0.4, 0.5) is 0 Å². The molecule has 112 valence electrons. The van der Waals surface area contributed by atoms with E-state index in [-0.39, 0.29) is 11.4 Å². The Morgan fingerprint density at radius 2 is 1.90 bits per heavy atom. The maximum Gasteiger partial charge on any atom is 0.240 e. The Kier molecular flexibility index (Phi) is 4.67. The first kappa shape index (κ1) is 15.6. The second kappa shape index (κ2) is 6.30. The van der Waals surface area contributed by atoms with Crippen LogP contribution in [0.25, 0.3) is 0 Å². The van der Waals surface area contributed by atoms with Crippen molar-refractivity contribution in [3.63, 3.8) is 0 Å². The van der Waals surface area contributed by atoms with Gasteiger partial charge in [-0.2, -0.15) is 5.26 Å². The van der Waals surface area contributed by atoms with Crippen LogP contribution in [0.15, 0.2) is 30.3 Å². The van der Waals surface area contributed by atoms with Gasteiger partial charge >= 0.3 is 0 Å². The SMILES string of the molecule is CC(C)(CCc1ccccc1)NC(=O)C1(C#N)CCCC1. The van der Waals surface area contributed by atoms with E-state index in [0.29, 0.717) is 12.8 Å². The van der Waals surface area contributed by atoms with Gasteiger partial charge in [0.1, 0.15) is 5.41 Å². The number of nitrogens with zero attached hydrogens (tertiary/aromatic N) is 1. The van der Waals surface area contributed by atoms with Crippen molar-refractivity contribution < 1.29 is 4.79 Å². The Balaban J connectivity index is 1.94. The van der Waals surface area contributed by atoms with E-state index in [0.717, 1.165) is 25.7 Å². The maximum absolute atomic E-state index is 12.5. The molecule has 0 atom stereocenters. The molecule has 3 heteroatoms. The minimum absolute atomic E-state index is 0.0828. The lowest BCUT2D eigenvalue weighted by Crippen LogP contribution is -2.49. The van der Waals surface area contributed by atoms with Gasteiger partial charge in [-0.15, -0.1) is 0 Å². The normalized spacial score (nSPS) is 17.2. The Morgan fingerprint density at radius 1 is 1.29 bits per heavy atom. The van der Waals surface area contributed by atoms with Crippen molar-refractivity contribution in [2.45, 2.75) is 57.9 Å². The third-order valence-electron chi connectivity index (χ3n) is 4.44. The van der Waals surface area contributed by atoms with Gasteiger partial charge in [0.2, 0.25) is 5.91 Å². The fourth-order valence-corrected chi connectivity index (χ4v) is 2.96. The molecule has 0 unspecified atom stereocenters. The lowest BCUT2D eigenvalue weighted by molar-refractivity contribution is -0.129. The van der Waals surface area contributed by atoms with Crippen LogP contribution >= 0.6 is 0 Å². The van der Waals surface area contributed by atoms with Gasteiger partial charge in [0.15, 0.2) is 0 Å². The van der Waals surface area contributed by atoms with Gasteiger partial charge in [-0.05, 0) is 45.1 Å². The summed E-state index contributed by atoms with van der Waals surface area (Å²) < 4.78 is 0. The van der Waals surface area contributed by atoms with Gasteiger partial charge in [0.25, 0.3) is 0 Å². The van der Waals surface area contributed by atoms with Gasteiger partial charge < -0.3 is 5.32 Å². The number of carbonyl (C=O) groups is 1. The molecule has 0 spiro atoms. The zero-order valence-corrected chi connectivity index (χ0v) is 13.0. The summed E-state index contributed by atoms with van der Waals surface area (Å²) in [6, 6.07) is 12.5. The third-order valence-corrected chi connectivity index (χ3v) is 4.44. The fraction of sp³-hybridized carbons (Fsp3) is 0.556. The smallest absolute Gasteiger partial charge is 0.240 e. The first-order valence-corrected chi connectivity index (χ1v) is 7.75. The Labute approximate surface area is 127 Å². The molecule has 1 amide bonds. The van der Waals surface area contributed by atoms with E-state index in [1.807, 2.05) is 32.0 Å². The van der Waals surface area contributed by atoms with Crippen LogP contribution in [-0.2, 0) is 11.2 Å². The molecule has 1 fully saturated rings. The number of benzene rings is 1. The molecule has 3 nitrogen and oxygen atoms in total. The number of carbonyl (C=O) groups excluding carboxylic acids is 1. The second-order valence-electron chi connectivity index (χ2n) is 6.72. The number of hydrogen-bond acceptors (Lipinski definition) is 2. The summed E-state index contributed by atoms with van der Waals surface area (Å²) in [5, 5.41) is 12.5. The molecule has 0 heterocycles. The summed E-state index contributed by atoms with van der Waals surface area (Å²) in [7, 11) is 0. The minimum atomic E-state index is -0.788. The molecular weight excluding hydrogens is 260 g/mol. The summed E-state index contributed by atoms with van der Waals surface area (Å²) >= 11 is 0. The quantitative estimate of drug-likeness (QED) is 0.898. The molecule has 1 aliphatic carbocycles. The second-order valence-corrected chi connectivity index (χ2v) is 6.72. The predicted molar refractivity (Wildman–Crippen MR) is 83.5 cm³/mol. The highest BCUT2D eigenvalue weighted by Crippen LogP contribution is 2.38. The number of nitrogens with one attached hydrogen (secondary N) is 1. The lowest BCUT2D eigenvalue weighted by Gasteiger charge is -2.30. The lowest BCUT2D eigenvalue weighted by atomic mass is 9.85. The number of rotatable bonds is 5. The molecule has 21 heavy (non-hydrogen) atoms. The molecular formula is C18H24N2O. The Morgan fingerprint density at radius 3 is 2.48 bits per heavy atom. The van der Waals surface area contributed by atoms with Crippen LogP contribution in [0.5, 0.6) is 0 Å². The van der Waals surface area contributed by atoms with Gasteiger partial charge in [0, 0.05) is 5.54 Å². The standard InChI is InChI=1S/C18H24N2O/c1-17(2,13-10-15-8-4-3-5-9-15)20-16(21)18(14-19)11-6-7-12-18/h3-5,8-9H,6-7,10-13H2,1-2H3,(H,20,21). The van der Waals surface area contributed by atoms with E-state index in [2.05, 4.69) is 23.5 Å². The molecule has 2 rings (SSSR count). The fourth-order valence-electron chi connectivity index (χ4n) is 2.96. The number of nitriles is 1. The van der Waals surface area contributed by atoms with E-state index in [9.17, 15) is 10.1 Å². The summed E-state index contributed by atoms with van der Waals surface area (Å²) in [6.45, 7) is 4.07. The third kappa shape index (κ3) is 3.85. The van der Waals surface area contributed by atoms with E-state index in [1.165, 1.54) is 5.56 Å². The first-order chi connectivity index (χ1) is 9.97. The molecule has 1 N–H and O–H groups in total. The molecule has 1 aromatic carbocycles. The molecule has 1 aliphatic rings. The van der Waals surface area contributed by atoms with Crippen LogP contribution in [0, 0.1) is 16.7 Å². The van der Waals surface area contributed by atoms with Gasteiger partial charge in [-0.25, -0.2) is 0 Å². The maximum atomic E-state index is 12.5. The van der Waals surface area contributed by atoms with Crippen LogP contribution in [-0.4, -0.2) is 11.4 Å². The minimum Gasteiger partial charge on any atom is -0.350 e. The highest BCUT2D eigenvalue weighted by atomic mass is 16.2. The van der Waals surface area contributed by atoms with Crippen molar-refractivity contribution in [2.24, 2.45) is 5.41 Å². The van der Waals surface area contributed by atoms with Crippen LogP contribution in [0.1, 0.15) is 51.5 Å². The molecule has 0 aliphatic heterocycles. The average Bonchev–Trinajstić information content (AvgIpc) is 2.96. The molecule has 0 aromatic heterocycles. The van der Waals surface area contributed by atoms with Crippen LogP contribution in [0.3, 0.4) is 0 Å². The molecule has 0 saturated heterocycles. The molecule has 0 bridgehead atoms. The number of aryl methyl sites for hydroxylation is 1.